The predicted octanol–water partition coefficient (Wildman–Crippen LogP) is 2.34. The van der Waals surface area contributed by atoms with Gasteiger partial charge in [0, 0.05) is 17.9 Å². The lowest BCUT2D eigenvalue weighted by atomic mass is 10.2. The van der Waals surface area contributed by atoms with Crippen LogP contribution in [0.2, 0.25) is 0 Å². The Hall–Kier alpha value is -0.900. The van der Waals surface area contributed by atoms with Crippen LogP contribution in [0.5, 0.6) is 0 Å². The Morgan fingerprint density at radius 1 is 1.29 bits per heavy atom. The molecular formula is C15H28N2O3S. The molecule has 0 saturated carbocycles. The molecule has 0 aromatic rings. The fourth-order valence-electron chi connectivity index (χ4n) is 1.27. The lowest BCUT2D eigenvalue weighted by Crippen LogP contribution is -2.45. The third kappa shape index (κ3) is 10.5. The predicted molar refractivity (Wildman–Crippen MR) is 87.1 cm³/mol. The Morgan fingerprint density at radius 3 is 2.29 bits per heavy atom. The second-order valence-electron chi connectivity index (χ2n) is 6.66. The topological polar surface area (TPSA) is 73.4 Å². The summed E-state index contributed by atoms with van der Waals surface area (Å²) in [6.45, 7) is 13.3. The molecule has 0 rings (SSSR count). The van der Waals surface area contributed by atoms with Crippen LogP contribution in [0.1, 0.15) is 54.9 Å². The first-order valence-electron chi connectivity index (χ1n) is 7.03. The highest BCUT2D eigenvalue weighted by molar-refractivity contribution is 7.90. The first kappa shape index (κ1) is 20.1. The van der Waals surface area contributed by atoms with Gasteiger partial charge < -0.3 is 14.6 Å². The lowest BCUT2D eigenvalue weighted by Gasteiger charge is -2.26. The van der Waals surface area contributed by atoms with Gasteiger partial charge in [-0.1, -0.05) is 5.92 Å². The molecular weight excluding hydrogens is 288 g/mol. The van der Waals surface area contributed by atoms with Crippen LogP contribution in [0.4, 0.5) is 4.79 Å². The number of hydrogen-bond acceptors (Lipinski definition) is 4. The number of hydrogen-bond donors (Lipinski definition) is 2. The van der Waals surface area contributed by atoms with Crippen molar-refractivity contribution in [3.8, 4) is 11.8 Å². The van der Waals surface area contributed by atoms with Gasteiger partial charge in [0.25, 0.3) is 0 Å². The van der Waals surface area contributed by atoms with E-state index in [1.165, 1.54) is 0 Å². The van der Waals surface area contributed by atoms with Crippen molar-refractivity contribution in [3.05, 3.63) is 0 Å². The van der Waals surface area contributed by atoms with E-state index in [1.807, 2.05) is 41.5 Å². The van der Waals surface area contributed by atoms with Gasteiger partial charge >= 0.3 is 6.09 Å². The smallest absolute Gasteiger partial charge is 0.407 e. The van der Waals surface area contributed by atoms with Crippen LogP contribution in [0.3, 0.4) is 0 Å². The Balaban J connectivity index is 4.28. The minimum absolute atomic E-state index is 0.231. The molecule has 0 aromatic carbocycles. The van der Waals surface area contributed by atoms with E-state index in [2.05, 4.69) is 21.9 Å². The first-order valence-corrected chi connectivity index (χ1v) is 8.18. The van der Waals surface area contributed by atoms with Crippen molar-refractivity contribution in [1.82, 2.24) is 10.0 Å². The Morgan fingerprint density at radius 2 is 1.86 bits per heavy atom. The molecule has 2 atom stereocenters. The largest absolute Gasteiger partial charge is 0.598 e. The maximum Gasteiger partial charge on any atom is 0.407 e. The number of carbonyl (C=O) groups excluding carboxylic acids is 1. The molecule has 0 fully saturated rings. The highest BCUT2D eigenvalue weighted by atomic mass is 32.2. The molecule has 1 unspecified atom stereocenters. The molecule has 0 aliphatic heterocycles. The fraction of sp³-hybridized carbons (Fsp3) is 0.800. The molecule has 0 radical (unpaired) electrons. The summed E-state index contributed by atoms with van der Waals surface area (Å²) in [6.07, 6.45) is 0.102. The normalized spacial score (nSPS) is 14.7. The molecule has 0 aliphatic rings. The molecule has 6 heteroatoms. The monoisotopic (exact) mass is 316 g/mol. The molecule has 0 saturated heterocycles. The summed E-state index contributed by atoms with van der Waals surface area (Å²) < 4.78 is 19.8. The SMILES string of the molecule is CC#C[C@@H](CCNC(=O)OC(C)(C)C)N[S+]([O-])C(C)(C)C. The molecule has 0 heterocycles. The van der Waals surface area contributed by atoms with Gasteiger partial charge in [0.1, 0.15) is 16.4 Å². The fourth-order valence-corrected chi connectivity index (χ4v) is 2.06. The number of carbonyl (C=O) groups is 1. The average Bonchev–Trinajstić information content (AvgIpc) is 2.25. The lowest BCUT2D eigenvalue weighted by molar-refractivity contribution is 0.0527. The molecule has 0 spiro atoms. The second-order valence-corrected chi connectivity index (χ2v) is 8.66. The summed E-state index contributed by atoms with van der Waals surface area (Å²) in [6, 6.07) is -0.231. The van der Waals surface area contributed by atoms with Crippen molar-refractivity contribution >= 4 is 17.5 Å². The molecule has 0 aromatic heterocycles. The van der Waals surface area contributed by atoms with Gasteiger partial charge in [-0.3, -0.25) is 0 Å². The number of nitrogens with one attached hydrogen (secondary N) is 2. The van der Waals surface area contributed by atoms with E-state index < -0.39 is 23.1 Å². The van der Waals surface area contributed by atoms with Crippen LogP contribution in [0.25, 0.3) is 0 Å². The summed E-state index contributed by atoms with van der Waals surface area (Å²) in [5.41, 5.74) is -0.515. The van der Waals surface area contributed by atoms with E-state index in [9.17, 15) is 9.35 Å². The van der Waals surface area contributed by atoms with Crippen LogP contribution >= 0.6 is 0 Å². The third-order valence-corrected chi connectivity index (χ3v) is 3.84. The van der Waals surface area contributed by atoms with Crippen LogP contribution in [-0.2, 0) is 16.1 Å². The van der Waals surface area contributed by atoms with E-state index in [0.717, 1.165) is 0 Å². The highest BCUT2D eigenvalue weighted by Gasteiger charge is 2.28. The van der Waals surface area contributed by atoms with Gasteiger partial charge in [-0.2, -0.15) is 0 Å². The molecule has 21 heavy (non-hydrogen) atoms. The van der Waals surface area contributed by atoms with Gasteiger partial charge in [-0.25, -0.2) is 4.79 Å². The van der Waals surface area contributed by atoms with Gasteiger partial charge in [0.05, 0.1) is 0 Å². The van der Waals surface area contributed by atoms with E-state index in [0.29, 0.717) is 13.0 Å². The van der Waals surface area contributed by atoms with E-state index >= 15 is 0 Å². The number of ether oxygens (including phenoxy) is 1. The third-order valence-electron chi connectivity index (χ3n) is 2.23. The van der Waals surface area contributed by atoms with Crippen LogP contribution < -0.4 is 10.0 Å². The molecule has 0 aliphatic carbocycles. The van der Waals surface area contributed by atoms with E-state index in [1.54, 1.807) is 6.92 Å². The van der Waals surface area contributed by atoms with Crippen LogP contribution in [0.15, 0.2) is 0 Å². The van der Waals surface area contributed by atoms with Crippen LogP contribution in [-0.4, -0.2) is 33.6 Å². The first-order chi connectivity index (χ1) is 9.45. The summed E-state index contributed by atoms with van der Waals surface area (Å²) >= 11 is -1.20. The molecule has 2 N–H and O–H groups in total. The Bertz CT molecular complexity index is 388. The average molecular weight is 316 g/mol. The molecule has 1 amide bonds. The minimum Gasteiger partial charge on any atom is -0.598 e. The zero-order chi connectivity index (χ0) is 16.7. The van der Waals surface area contributed by atoms with Crippen molar-refractivity contribution in [3.63, 3.8) is 0 Å². The van der Waals surface area contributed by atoms with Crippen molar-refractivity contribution in [1.29, 1.82) is 0 Å². The minimum atomic E-state index is -1.20. The zero-order valence-corrected chi connectivity index (χ0v) is 14.9. The molecule has 5 nitrogen and oxygen atoms in total. The molecule has 122 valence electrons. The maximum absolute atomic E-state index is 12.1. The Labute approximate surface area is 131 Å². The van der Waals surface area contributed by atoms with Gasteiger partial charge in [0.15, 0.2) is 0 Å². The maximum atomic E-state index is 12.1. The van der Waals surface area contributed by atoms with Gasteiger partial charge in [-0.15, -0.1) is 10.6 Å². The summed E-state index contributed by atoms with van der Waals surface area (Å²) in [5.74, 6) is 5.77. The van der Waals surface area contributed by atoms with Crippen LogP contribution in [0, 0.1) is 11.8 Å². The van der Waals surface area contributed by atoms with Gasteiger partial charge in [-0.05, 0) is 54.9 Å². The second kappa shape index (κ2) is 8.52. The number of rotatable bonds is 5. The van der Waals surface area contributed by atoms with Crippen molar-refractivity contribution < 1.29 is 14.1 Å². The summed E-state index contributed by atoms with van der Waals surface area (Å²) in [5, 5.41) is 2.67. The molecule has 0 bridgehead atoms. The van der Waals surface area contributed by atoms with E-state index in [-0.39, 0.29) is 10.8 Å². The highest BCUT2D eigenvalue weighted by Crippen LogP contribution is 2.14. The summed E-state index contributed by atoms with van der Waals surface area (Å²) in [4.78, 5) is 11.5. The number of amides is 1. The van der Waals surface area contributed by atoms with E-state index in [4.69, 9.17) is 4.74 Å². The van der Waals surface area contributed by atoms with Crippen molar-refractivity contribution in [2.75, 3.05) is 6.54 Å². The summed E-state index contributed by atoms with van der Waals surface area (Å²) in [7, 11) is 0. The standard InChI is InChI=1S/C15H28N2O3S/c1-8-9-12(17-21(19)15(5,6)7)10-11-16-13(18)20-14(2,3)4/h12,17H,10-11H2,1-7H3,(H,16,18)/t12-,21?/m0/s1. The van der Waals surface area contributed by atoms with Crippen molar-refractivity contribution in [2.24, 2.45) is 0 Å². The van der Waals surface area contributed by atoms with Gasteiger partial charge in [0.2, 0.25) is 0 Å². The Kier molecular flexibility index (Phi) is 8.16. The number of alkyl carbamates (subject to hydrolysis) is 1. The quantitative estimate of drug-likeness (QED) is 0.603. The van der Waals surface area contributed by atoms with Crippen molar-refractivity contribution in [2.45, 2.75) is 71.3 Å². The zero-order valence-electron chi connectivity index (χ0n) is 14.1.